The van der Waals surface area contributed by atoms with Gasteiger partial charge in [0.15, 0.2) is 11.6 Å². The van der Waals surface area contributed by atoms with E-state index in [0.717, 1.165) is 18.5 Å². The molecule has 0 saturated carbocycles. The van der Waals surface area contributed by atoms with Gasteiger partial charge in [0, 0.05) is 37.3 Å². The summed E-state index contributed by atoms with van der Waals surface area (Å²) >= 11 is 0. The van der Waals surface area contributed by atoms with Crippen LogP contribution in [-0.2, 0) is 18.4 Å². The van der Waals surface area contributed by atoms with Crippen molar-refractivity contribution in [1.82, 2.24) is 29.4 Å². The molecule has 10 heteroatoms. The molecule has 2 amide bonds. The van der Waals surface area contributed by atoms with Crippen molar-refractivity contribution in [2.75, 3.05) is 30.9 Å². The number of carbonyl (C=O) groups is 2. The molecule has 0 radical (unpaired) electrons. The summed E-state index contributed by atoms with van der Waals surface area (Å²) in [5.74, 6) is 0.616. The highest BCUT2D eigenvalue weighted by atomic mass is 16.2. The molecule has 1 N–H and O–H groups in total. The van der Waals surface area contributed by atoms with Crippen LogP contribution in [-0.4, -0.2) is 61.9 Å². The van der Waals surface area contributed by atoms with Crippen LogP contribution in [0.25, 0.3) is 5.82 Å². The van der Waals surface area contributed by atoms with E-state index in [-0.39, 0.29) is 17.5 Å². The maximum absolute atomic E-state index is 13.0. The molecule has 0 bridgehead atoms. The molecule has 32 heavy (non-hydrogen) atoms. The van der Waals surface area contributed by atoms with E-state index in [1.807, 2.05) is 34.1 Å². The molecule has 3 aromatic heterocycles. The Morgan fingerprint density at radius 3 is 2.72 bits per heavy atom. The second kappa shape index (κ2) is 8.19. The van der Waals surface area contributed by atoms with Crippen LogP contribution >= 0.6 is 0 Å². The zero-order valence-electron chi connectivity index (χ0n) is 19.0. The van der Waals surface area contributed by atoms with E-state index in [1.165, 1.54) is 0 Å². The lowest BCUT2D eigenvalue weighted by atomic mass is 9.92. The van der Waals surface area contributed by atoms with Crippen LogP contribution in [0.5, 0.6) is 0 Å². The number of aromatic nitrogens is 5. The van der Waals surface area contributed by atoms with Crippen molar-refractivity contribution in [2.45, 2.75) is 26.8 Å². The maximum Gasteiger partial charge on any atom is 0.274 e. The second-order valence-electron chi connectivity index (χ2n) is 9.00. The number of nitrogens with zero attached hydrogens (tertiary/aromatic N) is 7. The van der Waals surface area contributed by atoms with Crippen LogP contribution in [0, 0.1) is 5.41 Å². The van der Waals surface area contributed by atoms with Crippen LogP contribution < -0.4 is 10.2 Å². The average molecular weight is 437 g/mol. The fourth-order valence-corrected chi connectivity index (χ4v) is 3.73. The molecule has 0 unspecified atom stereocenters. The first-order valence-corrected chi connectivity index (χ1v) is 10.5. The molecule has 168 valence electrons. The van der Waals surface area contributed by atoms with Gasteiger partial charge in [0.1, 0.15) is 11.4 Å². The molecular weight excluding hydrogens is 408 g/mol. The first kappa shape index (κ1) is 21.7. The molecular formula is C22H28N8O2. The number of carbonyl (C=O) groups excluding carboxylic acids is 2. The van der Waals surface area contributed by atoms with Gasteiger partial charge < -0.3 is 10.2 Å². The van der Waals surface area contributed by atoms with Crippen LogP contribution in [0.1, 0.15) is 36.3 Å². The van der Waals surface area contributed by atoms with Crippen molar-refractivity contribution in [3.63, 3.8) is 0 Å². The van der Waals surface area contributed by atoms with E-state index in [2.05, 4.69) is 25.4 Å². The van der Waals surface area contributed by atoms with E-state index in [9.17, 15) is 9.59 Å². The standard InChI is InChI=1S/C22H28N8O2/c1-22(2)9-10-29(21(22)32)19-17(14-28(5)26-19)25-20(31)16-7-6-8-18(24-16)30-13-15(11-23-30)12-27(3)4/h6-8,11,13-14H,9-10,12H2,1-5H3,(H,25,31). The summed E-state index contributed by atoms with van der Waals surface area (Å²) in [6.45, 7) is 5.17. The van der Waals surface area contributed by atoms with E-state index < -0.39 is 5.41 Å². The van der Waals surface area contributed by atoms with Crippen molar-refractivity contribution in [3.05, 3.63) is 48.0 Å². The third-order valence-corrected chi connectivity index (χ3v) is 5.43. The Kier molecular flexibility index (Phi) is 5.55. The number of amides is 2. The van der Waals surface area contributed by atoms with Crippen LogP contribution in [0.2, 0.25) is 0 Å². The molecule has 1 aliphatic rings. The van der Waals surface area contributed by atoms with Crippen molar-refractivity contribution in [1.29, 1.82) is 0 Å². The monoisotopic (exact) mass is 436 g/mol. The summed E-state index contributed by atoms with van der Waals surface area (Å²) in [4.78, 5) is 33.9. The third kappa shape index (κ3) is 4.26. The molecule has 3 aromatic rings. The van der Waals surface area contributed by atoms with Gasteiger partial charge in [-0.25, -0.2) is 9.67 Å². The highest BCUT2D eigenvalue weighted by Crippen LogP contribution is 2.36. The van der Waals surface area contributed by atoms with Crippen LogP contribution in [0.4, 0.5) is 11.5 Å². The second-order valence-corrected chi connectivity index (χ2v) is 9.00. The zero-order valence-corrected chi connectivity index (χ0v) is 19.0. The fourth-order valence-electron chi connectivity index (χ4n) is 3.73. The minimum atomic E-state index is -0.441. The number of hydrogen-bond acceptors (Lipinski definition) is 6. The predicted octanol–water partition coefficient (Wildman–Crippen LogP) is 2.08. The number of hydrogen-bond donors (Lipinski definition) is 1. The number of nitrogens with one attached hydrogen (secondary N) is 1. The van der Waals surface area contributed by atoms with Crippen LogP contribution in [0.15, 0.2) is 36.8 Å². The van der Waals surface area contributed by atoms with Gasteiger partial charge in [0.25, 0.3) is 5.91 Å². The fraction of sp³-hybridized carbons (Fsp3) is 0.409. The van der Waals surface area contributed by atoms with Gasteiger partial charge in [0.05, 0.1) is 12.4 Å². The predicted molar refractivity (Wildman–Crippen MR) is 121 cm³/mol. The molecule has 10 nitrogen and oxygen atoms in total. The third-order valence-electron chi connectivity index (χ3n) is 5.43. The van der Waals surface area contributed by atoms with Gasteiger partial charge >= 0.3 is 0 Å². The number of aryl methyl sites for hydroxylation is 1. The summed E-state index contributed by atoms with van der Waals surface area (Å²) in [5, 5.41) is 11.6. The Labute approximate surface area is 186 Å². The molecule has 0 atom stereocenters. The lowest BCUT2D eigenvalue weighted by Crippen LogP contribution is -2.32. The van der Waals surface area contributed by atoms with E-state index in [0.29, 0.717) is 23.9 Å². The van der Waals surface area contributed by atoms with E-state index in [4.69, 9.17) is 0 Å². The Balaban J connectivity index is 1.55. The van der Waals surface area contributed by atoms with Gasteiger partial charge in [-0.1, -0.05) is 19.9 Å². The van der Waals surface area contributed by atoms with E-state index in [1.54, 1.807) is 51.9 Å². The highest BCUT2D eigenvalue weighted by Gasteiger charge is 2.41. The van der Waals surface area contributed by atoms with Gasteiger partial charge in [-0.05, 0) is 32.6 Å². The Morgan fingerprint density at radius 1 is 1.25 bits per heavy atom. The van der Waals surface area contributed by atoms with Crippen molar-refractivity contribution < 1.29 is 9.59 Å². The number of rotatable bonds is 6. The molecule has 0 aromatic carbocycles. The number of pyridine rings is 1. The lowest BCUT2D eigenvalue weighted by Gasteiger charge is -2.18. The van der Waals surface area contributed by atoms with Crippen molar-refractivity contribution in [2.24, 2.45) is 12.5 Å². The Bertz CT molecular complexity index is 1160. The summed E-state index contributed by atoms with van der Waals surface area (Å²) in [5.41, 5.74) is 1.33. The lowest BCUT2D eigenvalue weighted by molar-refractivity contribution is -0.124. The SMILES string of the molecule is CN(C)Cc1cnn(-c2cccc(C(=O)Nc3cn(C)nc3N3CCC(C)(C)C3=O)n2)c1. The first-order chi connectivity index (χ1) is 15.1. The first-order valence-electron chi connectivity index (χ1n) is 10.5. The molecule has 4 heterocycles. The normalized spacial score (nSPS) is 15.6. The maximum atomic E-state index is 13.0. The van der Waals surface area contributed by atoms with Gasteiger partial charge in [-0.2, -0.15) is 10.2 Å². The molecule has 1 saturated heterocycles. The molecule has 0 aliphatic carbocycles. The summed E-state index contributed by atoms with van der Waals surface area (Å²) in [6.07, 6.45) is 6.10. The molecule has 4 rings (SSSR count). The van der Waals surface area contributed by atoms with Gasteiger partial charge in [-0.15, -0.1) is 0 Å². The summed E-state index contributed by atoms with van der Waals surface area (Å²) in [6, 6.07) is 5.20. The quantitative estimate of drug-likeness (QED) is 0.635. The average Bonchev–Trinajstić information content (AvgIpc) is 3.40. The summed E-state index contributed by atoms with van der Waals surface area (Å²) < 4.78 is 3.24. The highest BCUT2D eigenvalue weighted by molar-refractivity contribution is 6.07. The smallest absolute Gasteiger partial charge is 0.274 e. The topological polar surface area (TPSA) is 101 Å². The molecule has 1 aliphatic heterocycles. The Morgan fingerprint density at radius 2 is 2.03 bits per heavy atom. The van der Waals surface area contributed by atoms with E-state index >= 15 is 0 Å². The number of anilines is 2. The molecule has 1 fully saturated rings. The Hall–Kier alpha value is -3.53. The van der Waals surface area contributed by atoms with Crippen LogP contribution in [0.3, 0.4) is 0 Å². The van der Waals surface area contributed by atoms with Crippen molar-refractivity contribution in [3.8, 4) is 5.82 Å². The van der Waals surface area contributed by atoms with Gasteiger partial charge in [0.2, 0.25) is 5.91 Å². The minimum absolute atomic E-state index is 0.000896. The van der Waals surface area contributed by atoms with Gasteiger partial charge in [-0.3, -0.25) is 19.2 Å². The molecule has 0 spiro atoms. The largest absolute Gasteiger partial charge is 0.316 e. The van der Waals surface area contributed by atoms with Crippen molar-refractivity contribution >= 4 is 23.3 Å². The zero-order chi connectivity index (χ0) is 23.0. The minimum Gasteiger partial charge on any atom is -0.316 e. The summed E-state index contributed by atoms with van der Waals surface area (Å²) in [7, 11) is 5.74.